The normalized spacial score (nSPS) is 11.6. The molecule has 0 heterocycles. The van der Waals surface area contributed by atoms with Gasteiger partial charge >= 0.3 is 5.97 Å². The Bertz CT molecular complexity index is 859. The van der Waals surface area contributed by atoms with Crippen molar-refractivity contribution in [1.82, 2.24) is 0 Å². The van der Waals surface area contributed by atoms with Crippen LogP contribution in [0.15, 0.2) is 59.5 Å². The molecule has 5 nitrogen and oxygen atoms in total. The molecular formula is C19H20ClNO4S. The van der Waals surface area contributed by atoms with Gasteiger partial charge in [-0.1, -0.05) is 35.9 Å². The molecule has 0 atom stereocenters. The lowest BCUT2D eigenvalue weighted by Crippen LogP contribution is -2.12. The summed E-state index contributed by atoms with van der Waals surface area (Å²) in [5.41, 5.74) is 1.41. The predicted molar refractivity (Wildman–Crippen MR) is 104 cm³/mol. The van der Waals surface area contributed by atoms with Crippen molar-refractivity contribution >= 4 is 39.4 Å². The third kappa shape index (κ3) is 6.54. The topological polar surface area (TPSA) is 83.5 Å². The van der Waals surface area contributed by atoms with Crippen LogP contribution in [0, 0.1) is 0 Å². The first-order valence-corrected chi connectivity index (χ1v) is 10.00. The number of hydrogen-bond donors (Lipinski definition) is 2. The van der Waals surface area contributed by atoms with Crippen LogP contribution in [0.5, 0.6) is 0 Å². The molecule has 0 amide bonds. The maximum atomic E-state index is 12.3. The molecule has 0 aliphatic carbocycles. The number of benzene rings is 2. The van der Waals surface area contributed by atoms with E-state index in [9.17, 15) is 13.2 Å². The number of unbranched alkanes of at least 4 members (excludes halogenated alkanes) is 2. The van der Waals surface area contributed by atoms with Gasteiger partial charge < -0.3 is 5.11 Å². The maximum absolute atomic E-state index is 12.3. The highest BCUT2D eigenvalue weighted by atomic mass is 35.5. The van der Waals surface area contributed by atoms with Gasteiger partial charge in [0, 0.05) is 17.1 Å². The van der Waals surface area contributed by atoms with E-state index in [1.807, 2.05) is 24.3 Å². The molecule has 2 rings (SSSR count). The Labute approximate surface area is 158 Å². The zero-order valence-corrected chi connectivity index (χ0v) is 15.6. The number of carboxylic acids is 1. The van der Waals surface area contributed by atoms with Crippen molar-refractivity contribution in [3.05, 3.63) is 65.2 Å². The van der Waals surface area contributed by atoms with E-state index < -0.39 is 16.0 Å². The SMILES string of the molecule is O=C(O)CCCCC=Cc1ccc(NS(=O)(=O)c2ccc(Cl)cc2)cc1. The summed E-state index contributed by atoms with van der Waals surface area (Å²) >= 11 is 5.78. The molecule has 26 heavy (non-hydrogen) atoms. The second-order valence-corrected chi connectivity index (χ2v) is 7.84. The van der Waals surface area contributed by atoms with Gasteiger partial charge in [0.1, 0.15) is 0 Å². The largest absolute Gasteiger partial charge is 0.481 e. The first-order valence-electron chi connectivity index (χ1n) is 8.13. The minimum atomic E-state index is -3.65. The minimum Gasteiger partial charge on any atom is -0.481 e. The molecule has 0 aliphatic rings. The van der Waals surface area contributed by atoms with E-state index in [1.165, 1.54) is 24.3 Å². The minimum absolute atomic E-state index is 0.146. The molecule has 0 saturated carbocycles. The van der Waals surface area contributed by atoms with Crippen LogP contribution in [0.1, 0.15) is 31.2 Å². The van der Waals surface area contributed by atoms with Crippen molar-refractivity contribution in [2.45, 2.75) is 30.6 Å². The Morgan fingerprint density at radius 3 is 2.31 bits per heavy atom. The van der Waals surface area contributed by atoms with Crippen molar-refractivity contribution < 1.29 is 18.3 Å². The highest BCUT2D eigenvalue weighted by Gasteiger charge is 2.13. The second-order valence-electron chi connectivity index (χ2n) is 5.72. The summed E-state index contributed by atoms with van der Waals surface area (Å²) in [6, 6.07) is 13.0. The lowest BCUT2D eigenvalue weighted by atomic mass is 10.1. The number of halogens is 1. The predicted octanol–water partition coefficient (Wildman–Crippen LogP) is 4.80. The third-order valence-electron chi connectivity index (χ3n) is 3.61. The summed E-state index contributed by atoms with van der Waals surface area (Å²) in [4.78, 5) is 10.6. The fraction of sp³-hybridized carbons (Fsp3) is 0.211. The van der Waals surface area contributed by atoms with Gasteiger partial charge in [-0.15, -0.1) is 0 Å². The van der Waals surface area contributed by atoms with Gasteiger partial charge in [0.25, 0.3) is 10.0 Å². The highest BCUT2D eigenvalue weighted by Crippen LogP contribution is 2.19. The van der Waals surface area contributed by atoms with Crippen LogP contribution in [0.4, 0.5) is 5.69 Å². The second kappa shape index (κ2) is 9.40. The van der Waals surface area contributed by atoms with Crippen LogP contribution < -0.4 is 4.72 Å². The van der Waals surface area contributed by atoms with Crippen LogP contribution in [-0.4, -0.2) is 19.5 Å². The van der Waals surface area contributed by atoms with Crippen molar-refractivity contribution in [3.63, 3.8) is 0 Å². The number of aliphatic carboxylic acids is 1. The number of allylic oxidation sites excluding steroid dienone is 1. The molecule has 0 bridgehead atoms. The first kappa shape index (κ1) is 20.0. The third-order valence-corrected chi connectivity index (χ3v) is 5.26. The van der Waals surface area contributed by atoms with Crippen LogP contribution in [0.2, 0.25) is 5.02 Å². The lowest BCUT2D eigenvalue weighted by Gasteiger charge is -2.08. The van der Waals surface area contributed by atoms with Gasteiger partial charge in [0.05, 0.1) is 4.90 Å². The Hall–Kier alpha value is -2.31. The highest BCUT2D eigenvalue weighted by molar-refractivity contribution is 7.92. The molecule has 2 aromatic carbocycles. The van der Waals surface area contributed by atoms with E-state index in [1.54, 1.807) is 12.1 Å². The van der Waals surface area contributed by atoms with Gasteiger partial charge in [0.2, 0.25) is 0 Å². The molecule has 0 saturated heterocycles. The molecule has 0 fully saturated rings. The van der Waals surface area contributed by atoms with E-state index >= 15 is 0 Å². The fourth-order valence-corrected chi connectivity index (χ4v) is 3.43. The average Bonchev–Trinajstić information content (AvgIpc) is 2.59. The van der Waals surface area contributed by atoms with Crippen LogP contribution in [0.25, 0.3) is 6.08 Å². The zero-order chi connectivity index (χ0) is 19.0. The van der Waals surface area contributed by atoms with Crippen LogP contribution in [0.3, 0.4) is 0 Å². The zero-order valence-electron chi connectivity index (χ0n) is 14.1. The van der Waals surface area contributed by atoms with E-state index in [2.05, 4.69) is 4.72 Å². The Balaban J connectivity index is 1.90. The molecule has 7 heteroatoms. The van der Waals surface area contributed by atoms with Crippen LogP contribution >= 0.6 is 11.6 Å². The number of anilines is 1. The average molecular weight is 394 g/mol. The smallest absolute Gasteiger partial charge is 0.303 e. The monoisotopic (exact) mass is 393 g/mol. The summed E-state index contributed by atoms with van der Waals surface area (Å²) in [5.74, 6) is -0.773. The number of hydrogen-bond acceptors (Lipinski definition) is 3. The van der Waals surface area contributed by atoms with Crippen molar-refractivity contribution in [2.75, 3.05) is 4.72 Å². The molecule has 0 spiro atoms. The first-order chi connectivity index (χ1) is 12.4. The van der Waals surface area contributed by atoms with Crippen molar-refractivity contribution in [1.29, 1.82) is 0 Å². The van der Waals surface area contributed by atoms with E-state index in [0.717, 1.165) is 18.4 Å². The van der Waals surface area contributed by atoms with Gasteiger partial charge in [0.15, 0.2) is 0 Å². The standard InChI is InChI=1S/C19H20ClNO4S/c20-16-9-13-18(14-10-16)26(24,25)21-17-11-7-15(8-12-17)5-3-1-2-4-6-19(22)23/h3,5,7-14,21H,1-2,4,6H2,(H,22,23). The lowest BCUT2D eigenvalue weighted by molar-refractivity contribution is -0.137. The molecule has 2 N–H and O–H groups in total. The van der Waals surface area contributed by atoms with Crippen molar-refractivity contribution in [2.24, 2.45) is 0 Å². The number of carbonyl (C=O) groups is 1. The molecule has 2 aromatic rings. The summed E-state index contributed by atoms with van der Waals surface area (Å²) in [6.45, 7) is 0. The maximum Gasteiger partial charge on any atom is 0.303 e. The number of nitrogens with one attached hydrogen (secondary N) is 1. The van der Waals surface area contributed by atoms with E-state index in [-0.39, 0.29) is 11.3 Å². The van der Waals surface area contributed by atoms with Gasteiger partial charge in [-0.3, -0.25) is 9.52 Å². The van der Waals surface area contributed by atoms with E-state index in [0.29, 0.717) is 17.1 Å². The molecule has 0 unspecified atom stereocenters. The van der Waals surface area contributed by atoms with Crippen molar-refractivity contribution in [3.8, 4) is 0 Å². The number of rotatable bonds is 9. The van der Waals surface area contributed by atoms with Gasteiger partial charge in [-0.05, 0) is 61.2 Å². The number of sulfonamides is 1. The Kier molecular flexibility index (Phi) is 7.24. The van der Waals surface area contributed by atoms with Gasteiger partial charge in [-0.25, -0.2) is 8.42 Å². The Morgan fingerprint density at radius 1 is 1.04 bits per heavy atom. The van der Waals surface area contributed by atoms with Gasteiger partial charge in [-0.2, -0.15) is 0 Å². The quantitative estimate of drug-likeness (QED) is 0.599. The summed E-state index contributed by atoms with van der Waals surface area (Å²) in [7, 11) is -3.65. The molecule has 0 aliphatic heterocycles. The number of carboxylic acid groups (broad SMARTS) is 1. The van der Waals surface area contributed by atoms with Crippen LogP contribution in [-0.2, 0) is 14.8 Å². The van der Waals surface area contributed by atoms with E-state index in [4.69, 9.17) is 16.7 Å². The summed E-state index contributed by atoms with van der Waals surface area (Å²) in [5, 5.41) is 9.04. The fourth-order valence-electron chi connectivity index (χ4n) is 2.25. The molecule has 0 radical (unpaired) electrons. The summed E-state index contributed by atoms with van der Waals surface area (Å²) in [6.07, 6.45) is 6.38. The summed E-state index contributed by atoms with van der Waals surface area (Å²) < 4.78 is 27.1. The Morgan fingerprint density at radius 2 is 1.69 bits per heavy atom. The molecule has 0 aromatic heterocycles. The molecular weight excluding hydrogens is 374 g/mol. The molecule has 138 valence electrons.